The molecule has 0 aromatic carbocycles. The molecule has 1 aliphatic heterocycles. The van der Waals surface area contributed by atoms with E-state index < -0.39 is 0 Å². The minimum Gasteiger partial charge on any atom is -0.396 e. The molecule has 1 aliphatic carbocycles. The lowest BCUT2D eigenvalue weighted by Crippen LogP contribution is -2.32. The number of nitrogens with one attached hydrogen (secondary N) is 1. The molecule has 1 fully saturated rings. The molecule has 1 aromatic heterocycles. The van der Waals surface area contributed by atoms with Gasteiger partial charge in [0.1, 0.15) is 0 Å². The minimum absolute atomic E-state index is 0.368. The average molecular weight is 297 g/mol. The molecule has 3 rings (SSSR count). The molecule has 4 heteroatoms. The van der Waals surface area contributed by atoms with E-state index in [4.69, 9.17) is 0 Å². The normalized spacial score (nSPS) is 34.4. The fraction of sp³-hybridized carbons (Fsp3) is 0.733. The summed E-state index contributed by atoms with van der Waals surface area (Å²) < 4.78 is 1.50. The van der Waals surface area contributed by atoms with Gasteiger partial charge < -0.3 is 10.4 Å². The van der Waals surface area contributed by atoms with Crippen LogP contribution in [0.3, 0.4) is 0 Å². The third kappa shape index (κ3) is 3.02. The second-order valence-electron chi connectivity index (χ2n) is 5.92. The van der Waals surface area contributed by atoms with Crippen LogP contribution in [0.15, 0.2) is 15.7 Å². The fourth-order valence-corrected chi connectivity index (χ4v) is 6.03. The summed E-state index contributed by atoms with van der Waals surface area (Å²) in [6.45, 7) is 3.77. The van der Waals surface area contributed by atoms with Crippen molar-refractivity contribution in [2.75, 3.05) is 13.2 Å². The van der Waals surface area contributed by atoms with Gasteiger partial charge in [-0.3, -0.25) is 0 Å². The maximum atomic E-state index is 9.41. The zero-order valence-corrected chi connectivity index (χ0v) is 13.1. The standard InChI is InChI=1S/C15H23NOS2/c1-10-7-14(13-5-6-18-15(13)19-10)16-8-11-3-2-4-12(11)9-17/h5-6,10-12,14,16-17H,2-4,7-9H2,1H3/t10-,11?,12?,14?/m0/s1. The predicted molar refractivity (Wildman–Crippen MR) is 82.9 cm³/mol. The van der Waals surface area contributed by atoms with Crippen molar-refractivity contribution in [1.82, 2.24) is 5.32 Å². The highest BCUT2D eigenvalue weighted by Gasteiger charge is 2.30. The van der Waals surface area contributed by atoms with Crippen LogP contribution >= 0.6 is 23.1 Å². The number of aliphatic hydroxyl groups is 1. The molecule has 0 bridgehead atoms. The summed E-state index contributed by atoms with van der Waals surface area (Å²) in [5.74, 6) is 1.21. The van der Waals surface area contributed by atoms with Crippen LogP contribution in [0.4, 0.5) is 0 Å². The van der Waals surface area contributed by atoms with Crippen LogP contribution in [0.25, 0.3) is 0 Å². The zero-order chi connectivity index (χ0) is 13.2. The fourth-order valence-electron chi connectivity index (χ4n) is 3.46. The maximum Gasteiger partial charge on any atom is 0.0649 e. The Morgan fingerprint density at radius 2 is 2.21 bits per heavy atom. The van der Waals surface area contributed by atoms with Gasteiger partial charge in [-0.2, -0.15) is 0 Å². The highest BCUT2D eigenvalue weighted by molar-refractivity contribution is 8.01. The lowest BCUT2D eigenvalue weighted by Gasteiger charge is -2.29. The first-order chi connectivity index (χ1) is 9.28. The van der Waals surface area contributed by atoms with Crippen molar-refractivity contribution in [3.63, 3.8) is 0 Å². The van der Waals surface area contributed by atoms with Gasteiger partial charge in [-0.25, -0.2) is 0 Å². The van der Waals surface area contributed by atoms with Gasteiger partial charge in [0.15, 0.2) is 0 Å². The summed E-state index contributed by atoms with van der Waals surface area (Å²) in [5.41, 5.74) is 1.51. The molecule has 0 radical (unpaired) electrons. The summed E-state index contributed by atoms with van der Waals surface area (Å²) in [6, 6.07) is 2.81. The monoisotopic (exact) mass is 297 g/mol. The summed E-state index contributed by atoms with van der Waals surface area (Å²) in [5, 5.41) is 16.1. The van der Waals surface area contributed by atoms with E-state index in [1.165, 1.54) is 35.5 Å². The summed E-state index contributed by atoms with van der Waals surface area (Å²) >= 11 is 3.90. The Morgan fingerprint density at radius 3 is 3.05 bits per heavy atom. The van der Waals surface area contributed by atoms with Gasteiger partial charge in [0, 0.05) is 17.9 Å². The van der Waals surface area contributed by atoms with Crippen LogP contribution in [0.1, 0.15) is 44.2 Å². The van der Waals surface area contributed by atoms with Crippen LogP contribution in [0.5, 0.6) is 0 Å². The largest absolute Gasteiger partial charge is 0.396 e. The van der Waals surface area contributed by atoms with E-state index in [9.17, 15) is 5.11 Å². The van der Waals surface area contributed by atoms with Gasteiger partial charge >= 0.3 is 0 Å². The molecule has 2 nitrogen and oxygen atoms in total. The number of thioether (sulfide) groups is 1. The Morgan fingerprint density at radius 1 is 1.37 bits per heavy atom. The van der Waals surface area contributed by atoms with Crippen LogP contribution in [0, 0.1) is 11.8 Å². The highest BCUT2D eigenvalue weighted by atomic mass is 32.2. The summed E-state index contributed by atoms with van der Waals surface area (Å²) in [6.07, 6.45) is 5.01. The van der Waals surface area contributed by atoms with Gasteiger partial charge in [-0.15, -0.1) is 23.1 Å². The summed E-state index contributed by atoms with van der Waals surface area (Å²) in [4.78, 5) is 0. The van der Waals surface area contributed by atoms with Crippen molar-refractivity contribution in [3.05, 3.63) is 17.0 Å². The molecule has 19 heavy (non-hydrogen) atoms. The first-order valence-electron chi connectivity index (χ1n) is 7.36. The number of hydrogen-bond donors (Lipinski definition) is 2. The molecule has 0 spiro atoms. The maximum absolute atomic E-state index is 9.41. The Hall–Kier alpha value is -0.0300. The quantitative estimate of drug-likeness (QED) is 0.889. The summed E-state index contributed by atoms with van der Waals surface area (Å²) in [7, 11) is 0. The minimum atomic E-state index is 0.368. The van der Waals surface area contributed by atoms with E-state index >= 15 is 0 Å². The van der Waals surface area contributed by atoms with Crippen LogP contribution in [-0.2, 0) is 0 Å². The lowest BCUT2D eigenvalue weighted by molar-refractivity contribution is 0.189. The Balaban J connectivity index is 1.61. The first kappa shape index (κ1) is 13.9. The molecule has 0 saturated heterocycles. The van der Waals surface area contributed by atoms with E-state index in [-0.39, 0.29) is 0 Å². The van der Waals surface area contributed by atoms with Gasteiger partial charge in [0.25, 0.3) is 0 Å². The molecule has 0 amide bonds. The van der Waals surface area contributed by atoms with Gasteiger partial charge in [-0.1, -0.05) is 13.3 Å². The molecule has 2 N–H and O–H groups in total. The average Bonchev–Trinajstić information content (AvgIpc) is 3.03. The van der Waals surface area contributed by atoms with Crippen molar-refractivity contribution < 1.29 is 5.11 Å². The topological polar surface area (TPSA) is 32.3 Å². The van der Waals surface area contributed by atoms with Crippen LogP contribution in [-0.4, -0.2) is 23.5 Å². The number of rotatable bonds is 4. The van der Waals surface area contributed by atoms with Crippen LogP contribution < -0.4 is 5.32 Å². The molecular weight excluding hydrogens is 274 g/mol. The second-order valence-corrected chi connectivity index (χ2v) is 8.55. The Kier molecular flexibility index (Phi) is 4.52. The molecule has 3 unspecified atom stereocenters. The molecule has 2 heterocycles. The molecular formula is C15H23NOS2. The Bertz CT molecular complexity index is 420. The second kappa shape index (κ2) is 6.17. The van der Waals surface area contributed by atoms with E-state index in [1.807, 2.05) is 23.1 Å². The smallest absolute Gasteiger partial charge is 0.0649 e. The molecule has 4 atom stereocenters. The highest BCUT2D eigenvalue weighted by Crippen LogP contribution is 2.44. The third-order valence-electron chi connectivity index (χ3n) is 4.59. The molecule has 106 valence electrons. The SMILES string of the molecule is C[C@H]1CC(NCC2CCCC2CO)c2ccsc2S1. The van der Waals surface area contributed by atoms with E-state index in [0.717, 1.165) is 6.54 Å². The van der Waals surface area contributed by atoms with Crippen LogP contribution in [0.2, 0.25) is 0 Å². The van der Waals surface area contributed by atoms with Gasteiger partial charge in [-0.05, 0) is 54.7 Å². The van der Waals surface area contributed by atoms with E-state index in [1.54, 1.807) is 0 Å². The van der Waals surface area contributed by atoms with E-state index in [2.05, 4.69) is 23.7 Å². The van der Waals surface area contributed by atoms with Crippen molar-refractivity contribution >= 4 is 23.1 Å². The molecule has 1 saturated carbocycles. The predicted octanol–water partition coefficient (Wildman–Crippen LogP) is 3.67. The lowest BCUT2D eigenvalue weighted by atomic mass is 9.95. The molecule has 2 aliphatic rings. The van der Waals surface area contributed by atoms with Crippen molar-refractivity contribution in [1.29, 1.82) is 0 Å². The number of thiophene rings is 1. The van der Waals surface area contributed by atoms with Crippen molar-refractivity contribution in [2.45, 2.75) is 48.1 Å². The van der Waals surface area contributed by atoms with Crippen molar-refractivity contribution in [3.8, 4) is 0 Å². The first-order valence-corrected chi connectivity index (χ1v) is 9.12. The third-order valence-corrected chi connectivity index (χ3v) is 6.93. The zero-order valence-electron chi connectivity index (χ0n) is 11.5. The van der Waals surface area contributed by atoms with Crippen molar-refractivity contribution in [2.24, 2.45) is 11.8 Å². The Labute approximate surface area is 124 Å². The number of fused-ring (bicyclic) bond motifs is 1. The van der Waals surface area contributed by atoms with E-state index in [0.29, 0.717) is 29.7 Å². The molecule has 1 aromatic rings. The number of aliphatic hydroxyl groups excluding tert-OH is 1. The number of hydrogen-bond acceptors (Lipinski definition) is 4. The van der Waals surface area contributed by atoms with Gasteiger partial charge in [0.2, 0.25) is 0 Å². The van der Waals surface area contributed by atoms with Gasteiger partial charge in [0.05, 0.1) is 4.21 Å².